The first-order chi connectivity index (χ1) is 14.3. The number of hydrogen-bond donors (Lipinski definition) is 3. The number of aryl methyl sites for hydroxylation is 4. The van der Waals surface area contributed by atoms with Crippen LogP contribution in [0.3, 0.4) is 0 Å². The van der Waals surface area contributed by atoms with E-state index in [2.05, 4.69) is 20.9 Å². The summed E-state index contributed by atoms with van der Waals surface area (Å²) in [6, 6.07) is 5.33. The number of amides is 1. The van der Waals surface area contributed by atoms with Gasteiger partial charge in [0.1, 0.15) is 11.6 Å². The van der Waals surface area contributed by atoms with E-state index in [9.17, 15) is 9.59 Å². The van der Waals surface area contributed by atoms with Crippen LogP contribution in [0.5, 0.6) is 0 Å². The van der Waals surface area contributed by atoms with E-state index in [1.165, 1.54) is 4.68 Å². The van der Waals surface area contributed by atoms with Crippen molar-refractivity contribution in [1.82, 2.24) is 20.1 Å². The molecule has 9 nitrogen and oxygen atoms in total. The number of pyridine rings is 2. The van der Waals surface area contributed by atoms with Crippen molar-refractivity contribution in [3.8, 4) is 0 Å². The van der Waals surface area contributed by atoms with Gasteiger partial charge in [-0.1, -0.05) is 11.2 Å². The highest BCUT2D eigenvalue weighted by Crippen LogP contribution is 2.12. The largest absolute Gasteiger partial charge is 0.384 e. The molecule has 3 aromatic rings. The van der Waals surface area contributed by atoms with Crippen molar-refractivity contribution in [3.05, 3.63) is 74.2 Å². The Morgan fingerprint density at radius 1 is 1.10 bits per heavy atom. The first-order valence-electron chi connectivity index (χ1n) is 9.61. The number of nitrogens with one attached hydrogen (secondary N) is 2. The lowest BCUT2D eigenvalue weighted by Gasteiger charge is -2.13. The minimum atomic E-state index is -0.262. The lowest BCUT2D eigenvalue weighted by Crippen LogP contribution is -2.34. The molecule has 0 spiro atoms. The molecule has 0 bridgehead atoms. The van der Waals surface area contributed by atoms with E-state index in [0.29, 0.717) is 30.2 Å². The summed E-state index contributed by atoms with van der Waals surface area (Å²) in [5, 5.41) is 6.75. The van der Waals surface area contributed by atoms with Gasteiger partial charge >= 0.3 is 0 Å². The Hall–Kier alpha value is -3.62. The molecule has 0 unspecified atom stereocenters. The molecule has 0 radical (unpaired) electrons. The van der Waals surface area contributed by atoms with Gasteiger partial charge in [-0.15, -0.1) is 0 Å². The highest BCUT2D eigenvalue weighted by Gasteiger charge is 2.14. The van der Waals surface area contributed by atoms with E-state index in [1.54, 1.807) is 18.3 Å². The van der Waals surface area contributed by atoms with Crippen molar-refractivity contribution in [2.75, 3.05) is 11.2 Å². The summed E-state index contributed by atoms with van der Waals surface area (Å²) in [7, 11) is 0. The molecule has 158 valence electrons. The van der Waals surface area contributed by atoms with Crippen LogP contribution in [0.25, 0.3) is 0 Å². The van der Waals surface area contributed by atoms with Crippen molar-refractivity contribution in [1.29, 1.82) is 0 Å². The number of aromatic nitrogens is 3. The van der Waals surface area contributed by atoms with Gasteiger partial charge < -0.3 is 21.0 Å². The van der Waals surface area contributed by atoms with Crippen LogP contribution in [-0.2, 0) is 24.3 Å². The number of nitrogen functional groups attached to an aromatic ring is 1. The molecule has 0 aliphatic rings. The predicted octanol–water partition coefficient (Wildman–Crippen LogP) is 1.65. The Bertz CT molecular complexity index is 1110. The van der Waals surface area contributed by atoms with Crippen molar-refractivity contribution < 1.29 is 9.32 Å². The Morgan fingerprint density at radius 2 is 1.87 bits per heavy atom. The molecule has 30 heavy (non-hydrogen) atoms. The number of carbonyl (C=O) groups is 1. The summed E-state index contributed by atoms with van der Waals surface area (Å²) in [5.41, 5.74) is 13.0. The SMILES string of the molecule is Cc1ccn(NCc2c(C)noc2C)c(=O)c1CC(=O)NCc1ccc(N)nc1C. The summed E-state index contributed by atoms with van der Waals surface area (Å²) in [6.07, 6.45) is 1.64. The van der Waals surface area contributed by atoms with Gasteiger partial charge in [0.15, 0.2) is 0 Å². The van der Waals surface area contributed by atoms with E-state index < -0.39 is 0 Å². The molecule has 0 fully saturated rings. The Morgan fingerprint density at radius 3 is 2.53 bits per heavy atom. The maximum atomic E-state index is 12.9. The molecule has 0 aromatic carbocycles. The summed E-state index contributed by atoms with van der Waals surface area (Å²) in [6.45, 7) is 8.03. The van der Waals surface area contributed by atoms with E-state index in [4.69, 9.17) is 10.3 Å². The van der Waals surface area contributed by atoms with Crippen LogP contribution in [0.15, 0.2) is 33.7 Å². The number of nitrogens with zero attached hydrogens (tertiary/aromatic N) is 3. The molecule has 0 aliphatic carbocycles. The van der Waals surface area contributed by atoms with Gasteiger partial charge in [-0.25, -0.2) is 9.66 Å². The number of carbonyl (C=O) groups excluding carboxylic acids is 1. The highest BCUT2D eigenvalue weighted by molar-refractivity contribution is 5.78. The summed E-state index contributed by atoms with van der Waals surface area (Å²) >= 11 is 0. The van der Waals surface area contributed by atoms with Crippen molar-refractivity contribution in [2.45, 2.75) is 47.2 Å². The molecule has 0 saturated carbocycles. The lowest BCUT2D eigenvalue weighted by molar-refractivity contribution is -0.120. The zero-order valence-corrected chi connectivity index (χ0v) is 17.6. The summed E-state index contributed by atoms with van der Waals surface area (Å²) in [5.74, 6) is 0.897. The first kappa shape index (κ1) is 21.1. The lowest BCUT2D eigenvalue weighted by atomic mass is 10.1. The van der Waals surface area contributed by atoms with Crippen LogP contribution in [0.1, 0.15) is 39.4 Å². The minimum absolute atomic E-state index is 0.0139. The average Bonchev–Trinajstić information content (AvgIpc) is 3.01. The van der Waals surface area contributed by atoms with E-state index in [-0.39, 0.29) is 17.9 Å². The minimum Gasteiger partial charge on any atom is -0.384 e. The fourth-order valence-electron chi connectivity index (χ4n) is 3.14. The second kappa shape index (κ2) is 8.81. The van der Waals surface area contributed by atoms with Gasteiger partial charge in [-0.3, -0.25) is 9.59 Å². The molecule has 1 amide bonds. The zero-order chi connectivity index (χ0) is 21.8. The molecule has 3 heterocycles. The summed E-state index contributed by atoms with van der Waals surface area (Å²) < 4.78 is 6.53. The van der Waals surface area contributed by atoms with Crippen LogP contribution < -0.4 is 22.0 Å². The van der Waals surface area contributed by atoms with Gasteiger partial charge in [-0.05, 0) is 51.0 Å². The fraction of sp³-hybridized carbons (Fsp3) is 0.333. The van der Waals surface area contributed by atoms with Gasteiger partial charge in [0.05, 0.1) is 18.7 Å². The van der Waals surface area contributed by atoms with E-state index >= 15 is 0 Å². The molecule has 0 aliphatic heterocycles. The van der Waals surface area contributed by atoms with Crippen molar-refractivity contribution >= 4 is 11.7 Å². The molecule has 4 N–H and O–H groups in total. The third kappa shape index (κ3) is 4.68. The van der Waals surface area contributed by atoms with E-state index in [0.717, 1.165) is 28.1 Å². The molecule has 0 saturated heterocycles. The van der Waals surface area contributed by atoms with Crippen LogP contribution in [0.4, 0.5) is 5.82 Å². The summed E-state index contributed by atoms with van der Waals surface area (Å²) in [4.78, 5) is 29.5. The molecule has 3 aromatic heterocycles. The molecular weight excluding hydrogens is 384 g/mol. The topological polar surface area (TPSA) is 128 Å². The first-order valence-corrected chi connectivity index (χ1v) is 9.61. The van der Waals surface area contributed by atoms with Crippen molar-refractivity contribution in [3.63, 3.8) is 0 Å². The number of nitrogens with two attached hydrogens (primary N) is 1. The predicted molar refractivity (Wildman–Crippen MR) is 113 cm³/mol. The molecular formula is C21H26N6O3. The fourth-order valence-corrected chi connectivity index (χ4v) is 3.14. The monoisotopic (exact) mass is 410 g/mol. The average molecular weight is 410 g/mol. The van der Waals surface area contributed by atoms with Crippen LogP contribution in [0, 0.1) is 27.7 Å². The number of rotatable bonds is 7. The number of hydrogen-bond acceptors (Lipinski definition) is 7. The molecule has 3 rings (SSSR count). The van der Waals surface area contributed by atoms with Crippen molar-refractivity contribution in [2.24, 2.45) is 0 Å². The maximum Gasteiger partial charge on any atom is 0.272 e. The van der Waals surface area contributed by atoms with Gasteiger partial charge in [0.25, 0.3) is 5.56 Å². The van der Waals surface area contributed by atoms with Gasteiger partial charge in [0.2, 0.25) is 5.91 Å². The van der Waals surface area contributed by atoms with Gasteiger partial charge in [-0.2, -0.15) is 0 Å². The third-order valence-corrected chi connectivity index (χ3v) is 5.06. The molecule has 0 atom stereocenters. The van der Waals surface area contributed by atoms with Crippen LogP contribution in [-0.4, -0.2) is 20.7 Å². The third-order valence-electron chi connectivity index (χ3n) is 5.06. The normalized spacial score (nSPS) is 10.8. The second-order valence-corrected chi connectivity index (χ2v) is 7.22. The van der Waals surface area contributed by atoms with Crippen LogP contribution in [0.2, 0.25) is 0 Å². The Labute approximate surface area is 174 Å². The quantitative estimate of drug-likeness (QED) is 0.540. The maximum absolute atomic E-state index is 12.9. The highest BCUT2D eigenvalue weighted by atomic mass is 16.5. The second-order valence-electron chi connectivity index (χ2n) is 7.22. The Kier molecular flexibility index (Phi) is 6.20. The number of anilines is 1. The molecule has 9 heteroatoms. The zero-order valence-electron chi connectivity index (χ0n) is 17.6. The standard InChI is InChI=1S/C21H26N6O3/c1-12-7-8-27(24-11-18-14(3)26-30-15(18)4)21(29)17(12)9-20(28)23-10-16-5-6-19(22)25-13(16)2/h5-8,24H,9-11H2,1-4H3,(H2,22,25)(H,23,28). The van der Waals surface area contributed by atoms with Gasteiger partial charge in [0, 0.05) is 29.6 Å². The van der Waals surface area contributed by atoms with E-state index in [1.807, 2.05) is 33.8 Å². The smallest absolute Gasteiger partial charge is 0.272 e. The Balaban J connectivity index is 1.68. The van der Waals surface area contributed by atoms with Crippen LogP contribution >= 0.6 is 0 Å².